The maximum Gasteiger partial charge on any atom is 0.246 e. The molecular formula is C11H15ClN2O2. The molecule has 0 radical (unpaired) electrons. The first-order valence-corrected chi connectivity index (χ1v) is 5.98. The summed E-state index contributed by atoms with van der Waals surface area (Å²) in [5, 5.41) is 0. The fraction of sp³-hybridized carbons (Fsp3) is 0.636. The van der Waals surface area contributed by atoms with E-state index in [1.807, 2.05) is 0 Å². The molecule has 0 aromatic carbocycles. The molecule has 88 valence electrons. The van der Waals surface area contributed by atoms with Crippen molar-refractivity contribution in [1.82, 2.24) is 9.80 Å². The van der Waals surface area contributed by atoms with Gasteiger partial charge in [0.2, 0.25) is 11.8 Å². The van der Waals surface area contributed by atoms with E-state index < -0.39 is 0 Å². The largest absolute Gasteiger partial charge is 0.329 e. The first-order valence-electron chi connectivity index (χ1n) is 5.44. The average molecular weight is 243 g/mol. The van der Waals surface area contributed by atoms with Gasteiger partial charge in [-0.05, 0) is 18.4 Å². The summed E-state index contributed by atoms with van der Waals surface area (Å²) in [7, 11) is 0. The summed E-state index contributed by atoms with van der Waals surface area (Å²) in [6, 6.07) is -0.232. The maximum atomic E-state index is 12.1. The number of carbonyl (C=O) groups excluding carboxylic acids is 2. The van der Waals surface area contributed by atoms with Crippen LogP contribution in [-0.2, 0) is 9.59 Å². The van der Waals surface area contributed by atoms with Crippen LogP contribution in [0.5, 0.6) is 0 Å². The number of piperazine rings is 1. The van der Waals surface area contributed by atoms with Crippen molar-refractivity contribution in [3.63, 3.8) is 0 Å². The van der Waals surface area contributed by atoms with E-state index in [0.717, 1.165) is 25.0 Å². The molecule has 0 N–H and O–H groups in total. The lowest BCUT2D eigenvalue weighted by Crippen LogP contribution is -2.57. The minimum absolute atomic E-state index is 0.0448. The minimum Gasteiger partial charge on any atom is -0.329 e. The highest BCUT2D eigenvalue weighted by molar-refractivity contribution is 6.19. The molecule has 2 heterocycles. The first-order chi connectivity index (χ1) is 7.63. The van der Waals surface area contributed by atoms with Gasteiger partial charge in [-0.15, -0.1) is 11.6 Å². The SMILES string of the molecule is C=C(CCl)CN1CC(=O)N2CCCC2C1=O. The van der Waals surface area contributed by atoms with Crippen LogP contribution in [0.1, 0.15) is 12.8 Å². The molecule has 2 rings (SSSR count). The van der Waals surface area contributed by atoms with Crippen molar-refractivity contribution < 1.29 is 9.59 Å². The number of fused-ring (bicyclic) bond motifs is 1. The van der Waals surface area contributed by atoms with Crippen LogP contribution in [0.4, 0.5) is 0 Å². The third kappa shape index (κ3) is 1.94. The van der Waals surface area contributed by atoms with Crippen LogP contribution in [0.15, 0.2) is 12.2 Å². The quantitative estimate of drug-likeness (QED) is 0.538. The maximum absolute atomic E-state index is 12.1. The van der Waals surface area contributed by atoms with Crippen molar-refractivity contribution in [3.8, 4) is 0 Å². The summed E-state index contributed by atoms with van der Waals surface area (Å²) in [5.74, 6) is 0.416. The van der Waals surface area contributed by atoms with Crippen LogP contribution in [0.3, 0.4) is 0 Å². The van der Waals surface area contributed by atoms with E-state index in [-0.39, 0.29) is 24.4 Å². The van der Waals surface area contributed by atoms with Gasteiger partial charge in [0.1, 0.15) is 12.6 Å². The van der Waals surface area contributed by atoms with Gasteiger partial charge in [0.05, 0.1) is 0 Å². The Morgan fingerprint density at radius 1 is 1.50 bits per heavy atom. The number of nitrogens with zero attached hydrogens (tertiary/aromatic N) is 2. The molecule has 2 aliphatic heterocycles. The van der Waals surface area contributed by atoms with Gasteiger partial charge in [0.25, 0.3) is 0 Å². The van der Waals surface area contributed by atoms with Gasteiger partial charge in [-0.1, -0.05) is 6.58 Å². The van der Waals surface area contributed by atoms with E-state index in [9.17, 15) is 9.59 Å². The molecule has 0 aliphatic carbocycles. The molecule has 2 aliphatic rings. The van der Waals surface area contributed by atoms with Gasteiger partial charge in [-0.2, -0.15) is 0 Å². The zero-order valence-corrected chi connectivity index (χ0v) is 9.87. The second kappa shape index (κ2) is 4.45. The Hall–Kier alpha value is -1.03. The zero-order chi connectivity index (χ0) is 11.7. The second-order valence-electron chi connectivity index (χ2n) is 4.32. The van der Waals surface area contributed by atoms with Crippen LogP contribution in [0, 0.1) is 0 Å². The van der Waals surface area contributed by atoms with Crippen LogP contribution < -0.4 is 0 Å². The molecule has 0 spiro atoms. The molecule has 2 fully saturated rings. The lowest BCUT2D eigenvalue weighted by Gasteiger charge is -2.36. The van der Waals surface area contributed by atoms with E-state index in [4.69, 9.17) is 11.6 Å². The van der Waals surface area contributed by atoms with Gasteiger partial charge in [-0.3, -0.25) is 9.59 Å². The molecule has 0 saturated carbocycles. The highest BCUT2D eigenvalue weighted by atomic mass is 35.5. The number of halogens is 1. The predicted molar refractivity (Wildman–Crippen MR) is 61.2 cm³/mol. The lowest BCUT2D eigenvalue weighted by molar-refractivity contribution is -0.153. The molecule has 2 amide bonds. The number of hydrogen-bond donors (Lipinski definition) is 0. The Bertz CT molecular complexity index is 343. The summed E-state index contributed by atoms with van der Waals surface area (Å²) in [4.78, 5) is 27.1. The number of alkyl halides is 1. The van der Waals surface area contributed by atoms with E-state index in [1.54, 1.807) is 9.80 Å². The van der Waals surface area contributed by atoms with Gasteiger partial charge in [-0.25, -0.2) is 0 Å². The number of rotatable bonds is 3. The van der Waals surface area contributed by atoms with Gasteiger partial charge < -0.3 is 9.80 Å². The summed E-state index contributed by atoms with van der Waals surface area (Å²) in [5.41, 5.74) is 0.772. The van der Waals surface area contributed by atoms with Crippen molar-refractivity contribution >= 4 is 23.4 Å². The van der Waals surface area contributed by atoms with E-state index in [1.165, 1.54) is 0 Å². The van der Waals surface area contributed by atoms with Crippen LogP contribution in [0.2, 0.25) is 0 Å². The fourth-order valence-electron chi connectivity index (χ4n) is 2.31. The normalized spacial score (nSPS) is 24.9. The molecule has 4 nitrogen and oxygen atoms in total. The van der Waals surface area contributed by atoms with Gasteiger partial charge in [0.15, 0.2) is 0 Å². The smallest absolute Gasteiger partial charge is 0.246 e. The van der Waals surface area contributed by atoms with Crippen molar-refractivity contribution in [3.05, 3.63) is 12.2 Å². The van der Waals surface area contributed by atoms with Crippen molar-refractivity contribution in [2.45, 2.75) is 18.9 Å². The first kappa shape index (κ1) is 11.5. The summed E-state index contributed by atoms with van der Waals surface area (Å²) in [6.45, 7) is 5.06. The Kier molecular flexibility index (Phi) is 3.19. The lowest BCUT2D eigenvalue weighted by atomic mass is 10.1. The van der Waals surface area contributed by atoms with Gasteiger partial charge >= 0.3 is 0 Å². The monoisotopic (exact) mass is 242 g/mol. The molecule has 0 aromatic rings. The minimum atomic E-state index is -0.232. The van der Waals surface area contributed by atoms with E-state index in [0.29, 0.717) is 12.4 Å². The van der Waals surface area contributed by atoms with Crippen molar-refractivity contribution in [1.29, 1.82) is 0 Å². The molecule has 2 saturated heterocycles. The van der Waals surface area contributed by atoms with Crippen LogP contribution in [0.25, 0.3) is 0 Å². The molecule has 5 heteroatoms. The Labute approximate surface area is 99.8 Å². The fourth-order valence-corrected chi connectivity index (χ4v) is 2.40. The van der Waals surface area contributed by atoms with Crippen molar-refractivity contribution in [2.24, 2.45) is 0 Å². The summed E-state index contributed by atoms with van der Waals surface area (Å²) < 4.78 is 0. The molecule has 1 atom stereocenters. The zero-order valence-electron chi connectivity index (χ0n) is 9.12. The topological polar surface area (TPSA) is 40.6 Å². The summed E-state index contributed by atoms with van der Waals surface area (Å²) in [6.07, 6.45) is 1.71. The Morgan fingerprint density at radius 2 is 2.25 bits per heavy atom. The third-order valence-corrected chi connectivity index (χ3v) is 3.48. The van der Waals surface area contributed by atoms with Gasteiger partial charge in [0, 0.05) is 19.0 Å². The Balaban J connectivity index is 2.08. The predicted octanol–water partition coefficient (Wildman–Crippen LogP) is 0.615. The highest BCUT2D eigenvalue weighted by Gasteiger charge is 2.41. The number of carbonyl (C=O) groups is 2. The standard InChI is InChI=1S/C11H15ClN2O2/c1-8(5-12)6-13-7-10(15)14-4-2-3-9(14)11(13)16/h9H,1-7H2. The Morgan fingerprint density at radius 3 is 2.94 bits per heavy atom. The summed E-state index contributed by atoms with van der Waals surface area (Å²) >= 11 is 5.63. The number of amides is 2. The van der Waals surface area contributed by atoms with Crippen LogP contribution >= 0.6 is 11.6 Å². The number of hydrogen-bond acceptors (Lipinski definition) is 2. The molecular weight excluding hydrogens is 228 g/mol. The molecule has 0 aromatic heterocycles. The molecule has 1 unspecified atom stereocenters. The highest BCUT2D eigenvalue weighted by Crippen LogP contribution is 2.23. The average Bonchev–Trinajstić information content (AvgIpc) is 2.74. The van der Waals surface area contributed by atoms with E-state index in [2.05, 4.69) is 6.58 Å². The molecule has 16 heavy (non-hydrogen) atoms. The van der Waals surface area contributed by atoms with Crippen molar-refractivity contribution in [2.75, 3.05) is 25.5 Å². The second-order valence-corrected chi connectivity index (χ2v) is 4.59. The molecule has 0 bridgehead atoms. The third-order valence-electron chi connectivity index (χ3n) is 3.10. The van der Waals surface area contributed by atoms with E-state index >= 15 is 0 Å². The van der Waals surface area contributed by atoms with Crippen LogP contribution in [-0.4, -0.2) is 53.2 Å².